The van der Waals surface area contributed by atoms with Crippen LogP contribution in [0.15, 0.2) is 18.2 Å². The van der Waals surface area contributed by atoms with Gasteiger partial charge in [0.2, 0.25) is 5.91 Å². The van der Waals surface area contributed by atoms with Crippen molar-refractivity contribution in [1.82, 2.24) is 5.32 Å². The Balaban J connectivity index is 2.69. The summed E-state index contributed by atoms with van der Waals surface area (Å²) in [5, 5.41) is 25.3. The molecule has 0 unspecified atom stereocenters. The minimum atomic E-state index is -1.37. The van der Waals surface area contributed by atoms with Crippen molar-refractivity contribution in [3.63, 3.8) is 0 Å². The molecular weight excluding hydrogens is 278 g/mol. The fourth-order valence-corrected chi connectivity index (χ4v) is 1.69. The van der Waals surface area contributed by atoms with Crippen LogP contribution >= 0.6 is 0 Å². The number of nitro benzene ring substituents is 1. The Hall–Kier alpha value is -2.64. The number of anilines is 1. The molecule has 1 aromatic carbocycles. The predicted octanol–water partition coefficient (Wildman–Crippen LogP) is 1.62. The van der Waals surface area contributed by atoms with Crippen LogP contribution in [0.4, 0.5) is 11.4 Å². The van der Waals surface area contributed by atoms with Crippen molar-refractivity contribution in [2.75, 3.05) is 11.9 Å². The second-order valence-corrected chi connectivity index (χ2v) is 4.69. The fraction of sp³-hybridized carbons (Fsp3) is 0.385. The number of carbonyl (C=O) groups is 2. The summed E-state index contributed by atoms with van der Waals surface area (Å²) in [6, 6.07) is 3.77. The Morgan fingerprint density at radius 3 is 2.57 bits per heavy atom. The SMILES string of the molecule is CC(C)NC(=O)CCNc1ccc([N+](=O)[O-])c(C(=O)O)c1. The maximum atomic E-state index is 11.4. The van der Waals surface area contributed by atoms with E-state index in [1.807, 2.05) is 13.8 Å². The first-order valence-electron chi connectivity index (χ1n) is 6.36. The molecule has 114 valence electrons. The lowest BCUT2D eigenvalue weighted by Crippen LogP contribution is -2.31. The van der Waals surface area contributed by atoms with Crippen molar-refractivity contribution < 1.29 is 19.6 Å². The van der Waals surface area contributed by atoms with Gasteiger partial charge in [0.15, 0.2) is 0 Å². The van der Waals surface area contributed by atoms with Crippen molar-refractivity contribution in [2.45, 2.75) is 26.3 Å². The number of carbonyl (C=O) groups excluding carboxylic acids is 1. The summed E-state index contributed by atoms with van der Waals surface area (Å²) < 4.78 is 0. The summed E-state index contributed by atoms with van der Waals surface area (Å²) in [6.45, 7) is 4.00. The van der Waals surface area contributed by atoms with E-state index in [0.717, 1.165) is 6.07 Å². The van der Waals surface area contributed by atoms with Gasteiger partial charge >= 0.3 is 5.97 Å². The van der Waals surface area contributed by atoms with Crippen LogP contribution in [0.1, 0.15) is 30.6 Å². The first-order valence-corrected chi connectivity index (χ1v) is 6.36. The molecule has 8 heteroatoms. The number of benzene rings is 1. The minimum Gasteiger partial charge on any atom is -0.477 e. The van der Waals surface area contributed by atoms with Crippen molar-refractivity contribution >= 4 is 23.3 Å². The van der Waals surface area contributed by atoms with E-state index in [4.69, 9.17) is 5.11 Å². The van der Waals surface area contributed by atoms with Gasteiger partial charge in [0.05, 0.1) is 4.92 Å². The molecule has 0 fully saturated rings. The van der Waals surface area contributed by atoms with E-state index in [1.54, 1.807) is 0 Å². The minimum absolute atomic E-state index is 0.0514. The summed E-state index contributed by atoms with van der Waals surface area (Å²) in [4.78, 5) is 32.4. The molecule has 0 atom stereocenters. The van der Waals surface area contributed by atoms with E-state index in [0.29, 0.717) is 12.2 Å². The zero-order valence-electron chi connectivity index (χ0n) is 11.8. The average molecular weight is 295 g/mol. The third-order valence-corrected chi connectivity index (χ3v) is 2.55. The fourth-order valence-electron chi connectivity index (χ4n) is 1.69. The van der Waals surface area contributed by atoms with Crippen molar-refractivity contribution in [2.24, 2.45) is 0 Å². The number of nitro groups is 1. The van der Waals surface area contributed by atoms with E-state index in [-0.39, 0.29) is 18.4 Å². The van der Waals surface area contributed by atoms with E-state index >= 15 is 0 Å². The number of aromatic carboxylic acids is 1. The van der Waals surface area contributed by atoms with Crippen molar-refractivity contribution in [1.29, 1.82) is 0 Å². The van der Waals surface area contributed by atoms with Crippen LogP contribution in [0.5, 0.6) is 0 Å². The molecule has 0 spiro atoms. The standard InChI is InChI=1S/C13H17N3O5/c1-8(2)15-12(17)5-6-14-9-3-4-11(16(20)21)10(7-9)13(18)19/h3-4,7-8,14H,5-6H2,1-2H3,(H,15,17)(H,18,19). The Morgan fingerprint density at radius 2 is 2.05 bits per heavy atom. The highest BCUT2D eigenvalue weighted by Gasteiger charge is 2.19. The molecule has 1 rings (SSSR count). The average Bonchev–Trinajstić information content (AvgIpc) is 2.37. The molecule has 1 amide bonds. The molecule has 0 aliphatic rings. The van der Waals surface area contributed by atoms with Crippen LogP contribution < -0.4 is 10.6 Å². The van der Waals surface area contributed by atoms with Crippen molar-refractivity contribution in [3.05, 3.63) is 33.9 Å². The maximum absolute atomic E-state index is 11.4. The van der Waals surface area contributed by atoms with Gasteiger partial charge in [-0.05, 0) is 26.0 Å². The van der Waals surface area contributed by atoms with Crippen LogP contribution in [0.2, 0.25) is 0 Å². The highest BCUT2D eigenvalue weighted by molar-refractivity contribution is 5.93. The monoisotopic (exact) mass is 295 g/mol. The maximum Gasteiger partial charge on any atom is 0.342 e. The quantitative estimate of drug-likeness (QED) is 0.519. The molecule has 1 aromatic rings. The Morgan fingerprint density at radius 1 is 1.38 bits per heavy atom. The van der Waals surface area contributed by atoms with Gasteiger partial charge in [0.1, 0.15) is 5.56 Å². The topological polar surface area (TPSA) is 122 Å². The lowest BCUT2D eigenvalue weighted by Gasteiger charge is -2.10. The highest BCUT2D eigenvalue weighted by Crippen LogP contribution is 2.22. The van der Waals surface area contributed by atoms with E-state index < -0.39 is 22.1 Å². The van der Waals surface area contributed by atoms with Gasteiger partial charge in [0, 0.05) is 30.8 Å². The predicted molar refractivity (Wildman–Crippen MR) is 76.4 cm³/mol. The van der Waals surface area contributed by atoms with Crippen molar-refractivity contribution in [3.8, 4) is 0 Å². The summed E-state index contributed by atoms with van der Waals surface area (Å²) in [7, 11) is 0. The first-order chi connectivity index (χ1) is 9.81. The second kappa shape index (κ2) is 7.22. The third kappa shape index (κ3) is 5.09. The lowest BCUT2D eigenvalue weighted by atomic mass is 10.1. The Bertz CT molecular complexity index is 557. The molecule has 0 aliphatic carbocycles. The number of nitrogens with one attached hydrogen (secondary N) is 2. The number of carboxylic acids is 1. The van der Waals surface area contributed by atoms with Crippen LogP contribution in [0, 0.1) is 10.1 Å². The molecule has 21 heavy (non-hydrogen) atoms. The molecular formula is C13H17N3O5. The van der Waals surface area contributed by atoms with Gasteiger partial charge < -0.3 is 15.7 Å². The van der Waals surface area contributed by atoms with Gasteiger partial charge in [-0.1, -0.05) is 0 Å². The molecule has 3 N–H and O–H groups in total. The molecule has 0 aromatic heterocycles. The number of carboxylic acid groups (broad SMARTS) is 1. The Kier molecular flexibility index (Phi) is 5.65. The molecule has 8 nitrogen and oxygen atoms in total. The summed E-state index contributed by atoms with van der Waals surface area (Å²) in [5.74, 6) is -1.50. The zero-order valence-corrected chi connectivity index (χ0v) is 11.8. The molecule has 0 saturated heterocycles. The number of nitrogens with zero attached hydrogens (tertiary/aromatic N) is 1. The number of hydrogen-bond donors (Lipinski definition) is 3. The van der Waals surface area contributed by atoms with Crippen LogP contribution in [0.3, 0.4) is 0 Å². The molecule has 0 saturated carbocycles. The van der Waals surface area contributed by atoms with Crippen LogP contribution in [-0.4, -0.2) is 34.5 Å². The lowest BCUT2D eigenvalue weighted by molar-refractivity contribution is -0.385. The molecule has 0 aliphatic heterocycles. The summed E-state index contributed by atoms with van der Waals surface area (Å²) in [5.41, 5.74) is -0.447. The Labute approximate surface area is 121 Å². The molecule has 0 bridgehead atoms. The van der Waals surface area contributed by atoms with Gasteiger partial charge in [-0.3, -0.25) is 14.9 Å². The normalized spacial score (nSPS) is 10.2. The number of hydrogen-bond acceptors (Lipinski definition) is 5. The second-order valence-electron chi connectivity index (χ2n) is 4.69. The molecule has 0 heterocycles. The molecule has 0 radical (unpaired) electrons. The number of rotatable bonds is 7. The van der Waals surface area contributed by atoms with Gasteiger partial charge in [0.25, 0.3) is 5.69 Å². The largest absolute Gasteiger partial charge is 0.477 e. The van der Waals surface area contributed by atoms with Gasteiger partial charge in [-0.2, -0.15) is 0 Å². The highest BCUT2D eigenvalue weighted by atomic mass is 16.6. The van der Waals surface area contributed by atoms with Crippen LogP contribution in [-0.2, 0) is 4.79 Å². The van der Waals surface area contributed by atoms with E-state index in [1.165, 1.54) is 12.1 Å². The zero-order chi connectivity index (χ0) is 16.0. The summed E-state index contributed by atoms with van der Waals surface area (Å²) in [6.07, 6.45) is 0.220. The first kappa shape index (κ1) is 16.4. The van der Waals surface area contributed by atoms with Gasteiger partial charge in [-0.15, -0.1) is 0 Å². The van der Waals surface area contributed by atoms with Crippen LogP contribution in [0.25, 0.3) is 0 Å². The summed E-state index contributed by atoms with van der Waals surface area (Å²) >= 11 is 0. The van der Waals surface area contributed by atoms with E-state index in [9.17, 15) is 19.7 Å². The number of amides is 1. The van der Waals surface area contributed by atoms with E-state index in [2.05, 4.69) is 10.6 Å². The smallest absolute Gasteiger partial charge is 0.342 e. The third-order valence-electron chi connectivity index (χ3n) is 2.55. The van der Waals surface area contributed by atoms with Gasteiger partial charge in [-0.25, -0.2) is 4.79 Å².